The van der Waals surface area contributed by atoms with Crippen molar-refractivity contribution in [3.05, 3.63) is 163 Å². The van der Waals surface area contributed by atoms with E-state index in [2.05, 4.69) is 158 Å². The molecule has 226 valence electrons. The van der Waals surface area contributed by atoms with E-state index in [9.17, 15) is 0 Å². The van der Waals surface area contributed by atoms with E-state index >= 15 is 0 Å². The molecule has 0 bridgehead atoms. The monoisotopic (exact) mass is 613 g/mol. The SMILES string of the molecule is CC1(C)c2ccccc2-c2c1c1c(c3ccccc23)c2ccccc2n1-c1ccc(-c2nc(-c3ccccc3)c3ccccc3n2)cc1. The van der Waals surface area contributed by atoms with Crippen LogP contribution in [0.1, 0.15) is 25.0 Å². The topological polar surface area (TPSA) is 30.7 Å². The molecular formula is C45H31N3. The van der Waals surface area contributed by atoms with Gasteiger partial charge in [-0.15, -0.1) is 0 Å². The molecule has 0 N–H and O–H groups in total. The zero-order chi connectivity index (χ0) is 32.0. The van der Waals surface area contributed by atoms with Crippen molar-refractivity contribution in [3.8, 4) is 39.5 Å². The van der Waals surface area contributed by atoms with E-state index in [1.54, 1.807) is 0 Å². The smallest absolute Gasteiger partial charge is 0.160 e. The summed E-state index contributed by atoms with van der Waals surface area (Å²) in [5.41, 5.74) is 12.9. The molecule has 0 atom stereocenters. The number of fused-ring (bicyclic) bond motifs is 11. The van der Waals surface area contributed by atoms with E-state index in [1.807, 2.05) is 12.1 Å². The van der Waals surface area contributed by atoms with E-state index in [0.717, 1.165) is 39.2 Å². The predicted octanol–water partition coefficient (Wildman–Crippen LogP) is 11.5. The molecular weight excluding hydrogens is 583 g/mol. The Morgan fingerprint density at radius 2 is 1.17 bits per heavy atom. The summed E-state index contributed by atoms with van der Waals surface area (Å²) in [5, 5.41) is 6.25. The predicted molar refractivity (Wildman–Crippen MR) is 200 cm³/mol. The molecule has 0 unspecified atom stereocenters. The lowest BCUT2D eigenvalue weighted by molar-refractivity contribution is 0.664. The fourth-order valence-electron chi connectivity index (χ4n) is 8.24. The first-order chi connectivity index (χ1) is 23.6. The molecule has 9 aromatic rings. The first kappa shape index (κ1) is 27.1. The largest absolute Gasteiger partial charge is 0.309 e. The minimum Gasteiger partial charge on any atom is -0.309 e. The maximum atomic E-state index is 5.14. The van der Waals surface area contributed by atoms with E-state index in [-0.39, 0.29) is 5.41 Å². The zero-order valence-electron chi connectivity index (χ0n) is 26.8. The molecule has 0 aliphatic heterocycles. The lowest BCUT2D eigenvalue weighted by Crippen LogP contribution is -2.16. The number of para-hydroxylation sites is 2. The molecule has 2 aromatic heterocycles. The number of benzene rings is 7. The third-order valence-corrected chi connectivity index (χ3v) is 10.4. The summed E-state index contributed by atoms with van der Waals surface area (Å²) in [6.45, 7) is 4.77. The standard InChI is InChI=1S/C45H31N3/c1-45(2)36-21-11-8-18-33(36)39-31-16-6-7-17-32(31)40-35-20-10-13-23-38(35)48(43(40)41(39)45)30-26-24-29(25-27-30)44-46-37-22-12-9-19-34(37)42(47-44)28-14-4-3-5-15-28/h3-27H,1-2H3. The molecule has 0 amide bonds. The van der Waals surface area contributed by atoms with Crippen molar-refractivity contribution in [1.82, 2.24) is 14.5 Å². The van der Waals surface area contributed by atoms with Gasteiger partial charge in [-0.1, -0.05) is 129 Å². The molecule has 7 aromatic carbocycles. The van der Waals surface area contributed by atoms with Crippen molar-refractivity contribution in [2.24, 2.45) is 0 Å². The lowest BCUT2D eigenvalue weighted by atomic mass is 9.80. The molecule has 48 heavy (non-hydrogen) atoms. The van der Waals surface area contributed by atoms with Gasteiger partial charge in [-0.3, -0.25) is 0 Å². The maximum absolute atomic E-state index is 5.14. The minimum absolute atomic E-state index is 0.174. The van der Waals surface area contributed by atoms with Gasteiger partial charge in [0.2, 0.25) is 0 Å². The van der Waals surface area contributed by atoms with Crippen LogP contribution in [-0.4, -0.2) is 14.5 Å². The molecule has 1 aliphatic carbocycles. The van der Waals surface area contributed by atoms with Gasteiger partial charge in [-0.05, 0) is 69.4 Å². The molecule has 0 saturated carbocycles. The van der Waals surface area contributed by atoms with Crippen LogP contribution < -0.4 is 0 Å². The Labute approximate surface area is 278 Å². The number of rotatable bonds is 3. The molecule has 10 rings (SSSR count). The van der Waals surface area contributed by atoms with Crippen LogP contribution in [0.2, 0.25) is 0 Å². The molecule has 0 spiro atoms. The average Bonchev–Trinajstić information content (AvgIpc) is 3.61. The van der Waals surface area contributed by atoms with E-state index < -0.39 is 0 Å². The van der Waals surface area contributed by atoms with Gasteiger partial charge < -0.3 is 4.57 Å². The fraction of sp³-hybridized carbons (Fsp3) is 0.0667. The summed E-state index contributed by atoms with van der Waals surface area (Å²) in [6.07, 6.45) is 0. The highest BCUT2D eigenvalue weighted by Crippen LogP contribution is 2.56. The zero-order valence-corrected chi connectivity index (χ0v) is 26.8. The van der Waals surface area contributed by atoms with Crippen LogP contribution in [-0.2, 0) is 5.41 Å². The van der Waals surface area contributed by atoms with Gasteiger partial charge >= 0.3 is 0 Å². The fourth-order valence-corrected chi connectivity index (χ4v) is 8.24. The molecule has 1 aliphatic rings. The summed E-state index contributed by atoms with van der Waals surface area (Å²) in [4.78, 5) is 10.2. The van der Waals surface area contributed by atoms with Gasteiger partial charge in [0, 0.05) is 38.4 Å². The second-order valence-corrected chi connectivity index (χ2v) is 13.4. The first-order valence-electron chi connectivity index (χ1n) is 16.6. The number of hydrogen-bond donors (Lipinski definition) is 0. The van der Waals surface area contributed by atoms with Crippen LogP contribution in [0.5, 0.6) is 0 Å². The van der Waals surface area contributed by atoms with Crippen LogP contribution in [0.15, 0.2) is 152 Å². The Balaban J connectivity index is 1.24. The van der Waals surface area contributed by atoms with Crippen LogP contribution in [0.4, 0.5) is 0 Å². The summed E-state index contributed by atoms with van der Waals surface area (Å²) in [5.74, 6) is 0.727. The minimum atomic E-state index is -0.174. The van der Waals surface area contributed by atoms with Crippen LogP contribution in [0.25, 0.3) is 82.9 Å². The molecule has 3 nitrogen and oxygen atoms in total. The van der Waals surface area contributed by atoms with Crippen molar-refractivity contribution < 1.29 is 0 Å². The van der Waals surface area contributed by atoms with Crippen LogP contribution >= 0.6 is 0 Å². The molecule has 0 fully saturated rings. The average molecular weight is 614 g/mol. The number of nitrogens with zero attached hydrogens (tertiary/aromatic N) is 3. The Bertz CT molecular complexity index is 2730. The van der Waals surface area contributed by atoms with Gasteiger partial charge in [0.05, 0.1) is 22.2 Å². The maximum Gasteiger partial charge on any atom is 0.160 e. The van der Waals surface area contributed by atoms with Crippen molar-refractivity contribution in [3.63, 3.8) is 0 Å². The summed E-state index contributed by atoms with van der Waals surface area (Å²) in [7, 11) is 0. The lowest BCUT2D eigenvalue weighted by Gasteiger charge is -2.24. The van der Waals surface area contributed by atoms with Crippen LogP contribution in [0.3, 0.4) is 0 Å². The third-order valence-electron chi connectivity index (χ3n) is 10.4. The first-order valence-corrected chi connectivity index (χ1v) is 16.6. The van der Waals surface area contributed by atoms with Crippen molar-refractivity contribution in [1.29, 1.82) is 0 Å². The third kappa shape index (κ3) is 3.70. The number of hydrogen-bond acceptors (Lipinski definition) is 2. The highest BCUT2D eigenvalue weighted by molar-refractivity contribution is 6.27. The van der Waals surface area contributed by atoms with Gasteiger partial charge in [0.1, 0.15) is 0 Å². The summed E-state index contributed by atoms with van der Waals surface area (Å²) >= 11 is 0. The van der Waals surface area contributed by atoms with Gasteiger partial charge in [-0.25, -0.2) is 9.97 Å². The van der Waals surface area contributed by atoms with Crippen molar-refractivity contribution in [2.75, 3.05) is 0 Å². The highest BCUT2D eigenvalue weighted by atomic mass is 15.0. The molecule has 0 radical (unpaired) electrons. The second-order valence-electron chi connectivity index (χ2n) is 13.4. The molecule has 2 heterocycles. The molecule has 0 saturated heterocycles. The Hall–Kier alpha value is -6.06. The Kier molecular flexibility index (Phi) is 5.63. The quantitative estimate of drug-likeness (QED) is 0.198. The summed E-state index contributed by atoms with van der Waals surface area (Å²) in [6, 6.07) is 54.3. The van der Waals surface area contributed by atoms with Crippen LogP contribution in [0, 0.1) is 0 Å². The van der Waals surface area contributed by atoms with E-state index in [4.69, 9.17) is 9.97 Å². The van der Waals surface area contributed by atoms with E-state index in [0.29, 0.717) is 0 Å². The Morgan fingerprint density at radius 3 is 1.98 bits per heavy atom. The Morgan fingerprint density at radius 1 is 0.521 bits per heavy atom. The van der Waals surface area contributed by atoms with Gasteiger partial charge in [0.15, 0.2) is 5.82 Å². The van der Waals surface area contributed by atoms with Gasteiger partial charge in [-0.2, -0.15) is 0 Å². The second kappa shape index (κ2) is 9.97. The number of aromatic nitrogens is 3. The van der Waals surface area contributed by atoms with Crippen molar-refractivity contribution in [2.45, 2.75) is 19.3 Å². The molecule has 3 heteroatoms. The van der Waals surface area contributed by atoms with Crippen molar-refractivity contribution >= 4 is 43.5 Å². The normalized spacial score (nSPS) is 13.4. The summed E-state index contributed by atoms with van der Waals surface area (Å²) < 4.78 is 2.49. The highest BCUT2D eigenvalue weighted by Gasteiger charge is 2.40. The van der Waals surface area contributed by atoms with Gasteiger partial charge in [0.25, 0.3) is 0 Å². The van der Waals surface area contributed by atoms with E-state index in [1.165, 1.54) is 54.8 Å².